The lowest BCUT2D eigenvalue weighted by Gasteiger charge is -2.12. The highest BCUT2D eigenvalue weighted by Crippen LogP contribution is 2.20. The first-order valence-corrected chi connectivity index (χ1v) is 9.41. The number of nitrogens with one attached hydrogen (secondary N) is 2. The van der Waals surface area contributed by atoms with Crippen LogP contribution in [-0.4, -0.2) is 48.0 Å². The van der Waals surface area contributed by atoms with E-state index in [-0.39, 0.29) is 18.5 Å². The van der Waals surface area contributed by atoms with Crippen LogP contribution in [-0.2, 0) is 11.4 Å². The molecule has 150 valence electrons. The molecule has 9 heteroatoms. The number of nitrogens with two attached hydrogens (primary N) is 1. The maximum Gasteiger partial charge on any atom is 0.230 e. The van der Waals surface area contributed by atoms with Crippen molar-refractivity contribution in [2.75, 3.05) is 43.1 Å². The standard InChI is InChI=1S/C19H27N7O2/c1-26(2)19-24-16(23-18(20)25-19)12-28-15-5-3-4-14(10-15)22-17(27)7-6-13-8-9-21-11-13/h3-5,10,13,21H,6-9,11-12H2,1-2H3,(H,22,27)(H2,20,23,24,25). The summed E-state index contributed by atoms with van der Waals surface area (Å²) in [5.41, 5.74) is 6.43. The number of carbonyl (C=O) groups is 1. The summed E-state index contributed by atoms with van der Waals surface area (Å²) in [4.78, 5) is 26.4. The quantitative estimate of drug-likeness (QED) is 0.624. The van der Waals surface area contributed by atoms with Gasteiger partial charge in [-0.2, -0.15) is 15.0 Å². The number of hydrogen-bond donors (Lipinski definition) is 3. The molecule has 1 unspecified atom stereocenters. The average Bonchev–Trinajstić information content (AvgIpc) is 3.18. The van der Waals surface area contributed by atoms with E-state index in [1.165, 1.54) is 0 Å². The van der Waals surface area contributed by atoms with Crippen molar-refractivity contribution in [1.82, 2.24) is 20.3 Å². The largest absolute Gasteiger partial charge is 0.486 e. The van der Waals surface area contributed by atoms with Gasteiger partial charge in [-0.25, -0.2) is 0 Å². The van der Waals surface area contributed by atoms with Gasteiger partial charge in [0.05, 0.1) is 0 Å². The van der Waals surface area contributed by atoms with E-state index in [2.05, 4.69) is 25.6 Å². The lowest BCUT2D eigenvalue weighted by atomic mass is 10.0. The Morgan fingerprint density at radius 2 is 2.21 bits per heavy atom. The van der Waals surface area contributed by atoms with Crippen molar-refractivity contribution in [3.05, 3.63) is 30.1 Å². The van der Waals surface area contributed by atoms with Crippen LogP contribution in [0.1, 0.15) is 25.1 Å². The molecular formula is C19H27N7O2. The Kier molecular flexibility index (Phi) is 6.59. The smallest absolute Gasteiger partial charge is 0.230 e. The van der Waals surface area contributed by atoms with Gasteiger partial charge in [0.25, 0.3) is 0 Å². The first-order valence-electron chi connectivity index (χ1n) is 9.41. The van der Waals surface area contributed by atoms with Crippen molar-refractivity contribution >= 4 is 23.5 Å². The molecule has 1 saturated heterocycles. The monoisotopic (exact) mass is 385 g/mol. The lowest BCUT2D eigenvalue weighted by Crippen LogP contribution is -2.17. The zero-order chi connectivity index (χ0) is 19.9. The van der Waals surface area contributed by atoms with E-state index in [1.54, 1.807) is 11.0 Å². The molecule has 1 aromatic heterocycles. The molecule has 1 amide bonds. The summed E-state index contributed by atoms with van der Waals surface area (Å²) in [6, 6.07) is 7.27. The molecule has 4 N–H and O–H groups in total. The number of anilines is 3. The maximum atomic E-state index is 12.2. The van der Waals surface area contributed by atoms with E-state index >= 15 is 0 Å². The predicted molar refractivity (Wildman–Crippen MR) is 108 cm³/mol. The van der Waals surface area contributed by atoms with Crippen molar-refractivity contribution in [3.8, 4) is 5.75 Å². The molecule has 1 fully saturated rings. The Bertz CT molecular complexity index is 807. The van der Waals surface area contributed by atoms with Crippen LogP contribution < -0.4 is 26.0 Å². The van der Waals surface area contributed by atoms with Gasteiger partial charge < -0.3 is 26.0 Å². The molecule has 2 heterocycles. The third-order valence-corrected chi connectivity index (χ3v) is 4.51. The molecule has 3 rings (SSSR count). The molecule has 1 aliphatic heterocycles. The number of carbonyl (C=O) groups excluding carboxylic acids is 1. The van der Waals surface area contributed by atoms with Gasteiger partial charge in [-0.05, 0) is 44.0 Å². The summed E-state index contributed by atoms with van der Waals surface area (Å²) in [6.45, 7) is 2.21. The fourth-order valence-electron chi connectivity index (χ4n) is 3.02. The minimum absolute atomic E-state index is 0.0184. The highest BCUT2D eigenvalue weighted by Gasteiger charge is 2.15. The second kappa shape index (κ2) is 9.32. The molecule has 0 radical (unpaired) electrons. The van der Waals surface area contributed by atoms with Crippen molar-refractivity contribution in [2.24, 2.45) is 5.92 Å². The van der Waals surface area contributed by atoms with Gasteiger partial charge >= 0.3 is 0 Å². The third-order valence-electron chi connectivity index (χ3n) is 4.51. The Labute approximate surface area is 164 Å². The van der Waals surface area contributed by atoms with Gasteiger partial charge in [0.1, 0.15) is 12.4 Å². The SMILES string of the molecule is CN(C)c1nc(N)nc(COc2cccc(NC(=O)CCC3CCNC3)c2)n1. The summed E-state index contributed by atoms with van der Waals surface area (Å²) >= 11 is 0. The van der Waals surface area contributed by atoms with Crippen LogP contribution in [0.15, 0.2) is 24.3 Å². The number of nitrogen functional groups attached to an aromatic ring is 1. The van der Waals surface area contributed by atoms with Crippen LogP contribution in [0.5, 0.6) is 5.75 Å². The predicted octanol–water partition coefficient (Wildman–Crippen LogP) is 1.43. The summed E-state index contributed by atoms with van der Waals surface area (Å²) in [5, 5.41) is 6.25. The van der Waals surface area contributed by atoms with Crippen molar-refractivity contribution < 1.29 is 9.53 Å². The second-order valence-electron chi connectivity index (χ2n) is 7.07. The lowest BCUT2D eigenvalue weighted by molar-refractivity contribution is -0.116. The molecule has 1 aliphatic rings. The first kappa shape index (κ1) is 19.8. The van der Waals surface area contributed by atoms with E-state index in [0.717, 1.165) is 25.9 Å². The van der Waals surface area contributed by atoms with Gasteiger partial charge in [0.15, 0.2) is 5.82 Å². The highest BCUT2D eigenvalue weighted by molar-refractivity contribution is 5.90. The molecule has 0 aliphatic carbocycles. The topological polar surface area (TPSA) is 118 Å². The van der Waals surface area contributed by atoms with Crippen LogP contribution in [0.2, 0.25) is 0 Å². The van der Waals surface area contributed by atoms with Crippen molar-refractivity contribution in [3.63, 3.8) is 0 Å². The Hall–Kier alpha value is -2.94. The summed E-state index contributed by atoms with van der Waals surface area (Å²) in [5.74, 6) is 2.30. The van der Waals surface area contributed by atoms with E-state index < -0.39 is 0 Å². The molecule has 0 saturated carbocycles. The summed E-state index contributed by atoms with van der Waals surface area (Å²) in [6.07, 6.45) is 2.58. The van der Waals surface area contributed by atoms with Crippen LogP contribution in [0.4, 0.5) is 17.6 Å². The zero-order valence-electron chi connectivity index (χ0n) is 16.3. The Balaban J connectivity index is 1.53. The maximum absolute atomic E-state index is 12.2. The van der Waals surface area contributed by atoms with Crippen molar-refractivity contribution in [1.29, 1.82) is 0 Å². The number of amides is 1. The minimum Gasteiger partial charge on any atom is -0.486 e. The van der Waals surface area contributed by atoms with Gasteiger partial charge in [-0.15, -0.1) is 0 Å². The van der Waals surface area contributed by atoms with Crippen molar-refractivity contribution in [2.45, 2.75) is 25.9 Å². The van der Waals surface area contributed by atoms with Crippen LogP contribution in [0, 0.1) is 5.92 Å². The second-order valence-corrected chi connectivity index (χ2v) is 7.07. The zero-order valence-corrected chi connectivity index (χ0v) is 16.3. The first-order chi connectivity index (χ1) is 13.5. The molecule has 0 spiro atoms. The highest BCUT2D eigenvalue weighted by atomic mass is 16.5. The molecule has 9 nitrogen and oxygen atoms in total. The molecule has 1 aromatic carbocycles. The molecule has 0 bridgehead atoms. The number of aromatic nitrogens is 3. The van der Waals surface area contributed by atoms with Crippen LogP contribution >= 0.6 is 0 Å². The number of hydrogen-bond acceptors (Lipinski definition) is 8. The van der Waals surface area contributed by atoms with E-state index in [0.29, 0.717) is 35.5 Å². The fraction of sp³-hybridized carbons (Fsp3) is 0.474. The molecule has 2 aromatic rings. The molecular weight excluding hydrogens is 358 g/mol. The molecule has 28 heavy (non-hydrogen) atoms. The average molecular weight is 385 g/mol. The number of ether oxygens (including phenoxy) is 1. The van der Waals surface area contributed by atoms with Gasteiger partial charge in [0.2, 0.25) is 17.8 Å². The van der Waals surface area contributed by atoms with E-state index in [9.17, 15) is 4.79 Å². The molecule has 1 atom stereocenters. The van der Waals surface area contributed by atoms with E-state index in [1.807, 2.05) is 32.3 Å². The Morgan fingerprint density at radius 3 is 2.96 bits per heavy atom. The number of nitrogens with zero attached hydrogens (tertiary/aromatic N) is 4. The normalized spacial score (nSPS) is 16.0. The van der Waals surface area contributed by atoms with E-state index in [4.69, 9.17) is 10.5 Å². The van der Waals surface area contributed by atoms with Gasteiger partial charge in [-0.3, -0.25) is 4.79 Å². The minimum atomic E-state index is 0.0184. The fourth-order valence-corrected chi connectivity index (χ4v) is 3.02. The summed E-state index contributed by atoms with van der Waals surface area (Å²) < 4.78 is 5.76. The van der Waals surface area contributed by atoms with Crippen LogP contribution in [0.3, 0.4) is 0 Å². The van der Waals surface area contributed by atoms with Crippen LogP contribution in [0.25, 0.3) is 0 Å². The number of benzene rings is 1. The Morgan fingerprint density at radius 1 is 1.36 bits per heavy atom. The third kappa shape index (κ3) is 5.78. The summed E-state index contributed by atoms with van der Waals surface area (Å²) in [7, 11) is 3.66. The number of rotatable bonds is 8. The van der Waals surface area contributed by atoms with Gasteiger partial charge in [0, 0.05) is 32.3 Å². The van der Waals surface area contributed by atoms with Gasteiger partial charge in [-0.1, -0.05) is 6.07 Å².